The van der Waals surface area contributed by atoms with E-state index in [1.54, 1.807) is 6.07 Å². The lowest BCUT2D eigenvalue weighted by Gasteiger charge is -2.11. The van der Waals surface area contributed by atoms with E-state index in [9.17, 15) is 4.39 Å². The molecule has 0 fully saturated rings. The van der Waals surface area contributed by atoms with E-state index in [0.29, 0.717) is 18.3 Å². The quantitative estimate of drug-likeness (QED) is 0.768. The first kappa shape index (κ1) is 11.8. The summed E-state index contributed by atoms with van der Waals surface area (Å²) in [6.45, 7) is 4.76. The van der Waals surface area contributed by atoms with Gasteiger partial charge in [-0.1, -0.05) is 20.3 Å². The second-order valence-corrected chi connectivity index (χ2v) is 4.64. The summed E-state index contributed by atoms with van der Waals surface area (Å²) >= 11 is 2.08. The Hall–Kier alpha value is -0.320. The molecule has 14 heavy (non-hydrogen) atoms. The number of ether oxygens (including phenoxy) is 1. The van der Waals surface area contributed by atoms with E-state index in [4.69, 9.17) is 4.74 Å². The van der Waals surface area contributed by atoms with Crippen LogP contribution in [0.25, 0.3) is 0 Å². The van der Waals surface area contributed by atoms with Crippen LogP contribution in [0.1, 0.15) is 20.3 Å². The largest absolute Gasteiger partial charge is 0.490 e. The molecule has 0 heterocycles. The summed E-state index contributed by atoms with van der Waals surface area (Å²) in [7, 11) is 0. The summed E-state index contributed by atoms with van der Waals surface area (Å²) in [5.41, 5.74) is 0. The van der Waals surface area contributed by atoms with Crippen LogP contribution in [0.5, 0.6) is 5.75 Å². The maximum atomic E-state index is 13.3. The first-order valence-electron chi connectivity index (χ1n) is 4.71. The Morgan fingerprint density at radius 1 is 1.50 bits per heavy atom. The zero-order chi connectivity index (χ0) is 10.6. The van der Waals surface area contributed by atoms with Crippen molar-refractivity contribution in [3.05, 3.63) is 27.6 Å². The molecule has 0 amide bonds. The van der Waals surface area contributed by atoms with Gasteiger partial charge in [0, 0.05) is 3.57 Å². The van der Waals surface area contributed by atoms with Gasteiger partial charge in [0.05, 0.1) is 6.61 Å². The van der Waals surface area contributed by atoms with Crippen molar-refractivity contribution in [3.8, 4) is 5.75 Å². The van der Waals surface area contributed by atoms with E-state index in [2.05, 4.69) is 36.4 Å². The van der Waals surface area contributed by atoms with Crippen molar-refractivity contribution in [2.45, 2.75) is 20.3 Å². The fraction of sp³-hybridized carbons (Fsp3) is 0.455. The van der Waals surface area contributed by atoms with Gasteiger partial charge in [-0.15, -0.1) is 0 Å². The fourth-order valence-electron chi connectivity index (χ4n) is 0.942. The zero-order valence-corrected chi connectivity index (χ0v) is 10.5. The number of benzene rings is 1. The summed E-state index contributed by atoms with van der Waals surface area (Å²) in [6.07, 6.45) is 1.05. The average Bonchev–Trinajstić information content (AvgIpc) is 2.16. The smallest absolute Gasteiger partial charge is 0.166 e. The topological polar surface area (TPSA) is 9.23 Å². The van der Waals surface area contributed by atoms with Crippen LogP contribution in [0.2, 0.25) is 0 Å². The van der Waals surface area contributed by atoms with Crippen molar-refractivity contribution in [1.29, 1.82) is 0 Å². The molecule has 1 aromatic rings. The second kappa shape index (κ2) is 5.53. The summed E-state index contributed by atoms with van der Waals surface area (Å²) in [5, 5.41) is 0. The van der Waals surface area contributed by atoms with E-state index in [0.717, 1.165) is 9.99 Å². The third-order valence-corrected chi connectivity index (χ3v) is 2.79. The Labute approximate surface area is 97.8 Å². The highest BCUT2D eigenvalue weighted by atomic mass is 127. The molecule has 78 valence electrons. The van der Waals surface area contributed by atoms with Crippen molar-refractivity contribution in [1.82, 2.24) is 0 Å². The van der Waals surface area contributed by atoms with Gasteiger partial charge in [-0.2, -0.15) is 0 Å². The molecule has 0 aliphatic carbocycles. The third-order valence-electron chi connectivity index (χ3n) is 2.11. The molecule has 0 aromatic heterocycles. The first-order chi connectivity index (χ1) is 6.63. The molecule has 0 spiro atoms. The fourth-order valence-corrected chi connectivity index (χ4v) is 1.40. The van der Waals surface area contributed by atoms with Gasteiger partial charge >= 0.3 is 0 Å². The lowest BCUT2D eigenvalue weighted by Crippen LogP contribution is -2.08. The van der Waals surface area contributed by atoms with Gasteiger partial charge in [-0.05, 0) is 46.7 Å². The third kappa shape index (κ3) is 3.44. The van der Waals surface area contributed by atoms with Crippen LogP contribution in [0.3, 0.4) is 0 Å². The Balaban J connectivity index is 2.59. The van der Waals surface area contributed by atoms with Crippen LogP contribution >= 0.6 is 22.6 Å². The molecule has 1 nitrogen and oxygen atoms in total. The Bertz CT molecular complexity index is 301. The number of rotatable bonds is 4. The van der Waals surface area contributed by atoms with Crippen molar-refractivity contribution in [2.24, 2.45) is 5.92 Å². The van der Waals surface area contributed by atoms with Gasteiger partial charge in [-0.3, -0.25) is 0 Å². The molecule has 3 heteroatoms. The number of hydrogen-bond acceptors (Lipinski definition) is 1. The predicted octanol–water partition coefficient (Wildman–Crippen LogP) is 3.86. The summed E-state index contributed by atoms with van der Waals surface area (Å²) in [4.78, 5) is 0. The lowest BCUT2D eigenvalue weighted by molar-refractivity contribution is 0.246. The Morgan fingerprint density at radius 2 is 2.21 bits per heavy atom. The SMILES string of the molecule is CCC(C)COc1ccc(I)cc1F. The highest BCUT2D eigenvalue weighted by Crippen LogP contribution is 2.20. The average molecular weight is 308 g/mol. The number of halogens is 2. The molecular formula is C11H14FIO. The number of hydrogen-bond donors (Lipinski definition) is 0. The van der Waals surface area contributed by atoms with Gasteiger partial charge < -0.3 is 4.74 Å². The molecule has 0 N–H and O–H groups in total. The van der Waals surface area contributed by atoms with Gasteiger partial charge in [0.1, 0.15) is 0 Å². The minimum atomic E-state index is -0.278. The van der Waals surface area contributed by atoms with Crippen molar-refractivity contribution in [2.75, 3.05) is 6.61 Å². The highest BCUT2D eigenvalue weighted by molar-refractivity contribution is 14.1. The Kier molecular flexibility index (Phi) is 4.65. The molecular weight excluding hydrogens is 294 g/mol. The summed E-state index contributed by atoms with van der Waals surface area (Å²) in [6, 6.07) is 5.00. The molecule has 1 atom stereocenters. The minimum absolute atomic E-state index is 0.278. The summed E-state index contributed by atoms with van der Waals surface area (Å²) in [5.74, 6) is 0.541. The van der Waals surface area contributed by atoms with Gasteiger partial charge in [0.2, 0.25) is 0 Å². The maximum absolute atomic E-state index is 13.3. The standard InChI is InChI=1S/C11H14FIO/c1-3-8(2)7-14-11-5-4-9(13)6-10(11)12/h4-6,8H,3,7H2,1-2H3. The molecule has 0 bridgehead atoms. The lowest BCUT2D eigenvalue weighted by atomic mass is 10.1. The van der Waals surface area contributed by atoms with Crippen LogP contribution in [0.4, 0.5) is 4.39 Å². The molecule has 0 saturated carbocycles. The van der Waals surface area contributed by atoms with Crippen LogP contribution in [0, 0.1) is 15.3 Å². The van der Waals surface area contributed by atoms with E-state index >= 15 is 0 Å². The van der Waals surface area contributed by atoms with E-state index < -0.39 is 0 Å². The van der Waals surface area contributed by atoms with Crippen LogP contribution in [0.15, 0.2) is 18.2 Å². The van der Waals surface area contributed by atoms with Crippen molar-refractivity contribution in [3.63, 3.8) is 0 Å². The monoisotopic (exact) mass is 308 g/mol. The van der Waals surface area contributed by atoms with E-state index in [1.807, 2.05) is 6.07 Å². The molecule has 0 saturated heterocycles. The Morgan fingerprint density at radius 3 is 2.79 bits per heavy atom. The highest BCUT2D eigenvalue weighted by Gasteiger charge is 2.05. The molecule has 1 rings (SSSR count). The second-order valence-electron chi connectivity index (χ2n) is 3.40. The van der Waals surface area contributed by atoms with Gasteiger partial charge in [0.25, 0.3) is 0 Å². The molecule has 0 aliphatic heterocycles. The van der Waals surface area contributed by atoms with Gasteiger partial charge in [0.15, 0.2) is 11.6 Å². The normalized spacial score (nSPS) is 12.6. The zero-order valence-electron chi connectivity index (χ0n) is 8.39. The molecule has 1 aromatic carbocycles. The molecule has 0 radical (unpaired) electrons. The maximum Gasteiger partial charge on any atom is 0.166 e. The van der Waals surface area contributed by atoms with Crippen LogP contribution in [-0.4, -0.2) is 6.61 Å². The first-order valence-corrected chi connectivity index (χ1v) is 5.79. The minimum Gasteiger partial charge on any atom is -0.490 e. The van der Waals surface area contributed by atoms with Crippen LogP contribution < -0.4 is 4.74 Å². The van der Waals surface area contributed by atoms with E-state index in [1.165, 1.54) is 6.07 Å². The van der Waals surface area contributed by atoms with Crippen molar-refractivity contribution < 1.29 is 9.13 Å². The van der Waals surface area contributed by atoms with Crippen molar-refractivity contribution >= 4 is 22.6 Å². The van der Waals surface area contributed by atoms with Gasteiger partial charge in [-0.25, -0.2) is 4.39 Å². The molecule has 1 unspecified atom stereocenters. The summed E-state index contributed by atoms with van der Waals surface area (Å²) < 4.78 is 19.5. The molecule has 0 aliphatic rings. The predicted molar refractivity (Wildman–Crippen MR) is 64.1 cm³/mol. The van der Waals surface area contributed by atoms with E-state index in [-0.39, 0.29) is 5.82 Å². The van der Waals surface area contributed by atoms with Crippen LogP contribution in [-0.2, 0) is 0 Å².